The summed E-state index contributed by atoms with van der Waals surface area (Å²) in [4.78, 5) is 13.6. The normalized spacial score (nSPS) is 10.8. The van der Waals surface area contributed by atoms with Gasteiger partial charge in [0.2, 0.25) is 5.91 Å². The van der Waals surface area contributed by atoms with Crippen molar-refractivity contribution >= 4 is 5.91 Å². The van der Waals surface area contributed by atoms with Crippen molar-refractivity contribution < 1.29 is 4.79 Å². The zero-order chi connectivity index (χ0) is 12.2. The van der Waals surface area contributed by atoms with Crippen molar-refractivity contribution in [1.29, 1.82) is 0 Å². The quantitative estimate of drug-likeness (QED) is 0.546. The monoisotopic (exact) mass is 229 g/mol. The smallest absolute Gasteiger partial charge is 0.233 e. The maximum absolute atomic E-state index is 11.2. The van der Waals surface area contributed by atoms with E-state index in [0.29, 0.717) is 6.54 Å². The third-order valence-corrected chi connectivity index (χ3v) is 2.39. The molecule has 0 aliphatic heterocycles. The number of likely N-dealkylation sites (N-methyl/N-ethyl adjacent to an activating group) is 1. The predicted octanol–water partition coefficient (Wildman–Crippen LogP) is 0.834. The predicted molar refractivity (Wildman–Crippen MR) is 68.6 cm³/mol. The van der Waals surface area contributed by atoms with Gasteiger partial charge in [-0.2, -0.15) is 0 Å². The highest BCUT2D eigenvalue weighted by atomic mass is 16.1. The summed E-state index contributed by atoms with van der Waals surface area (Å²) in [5, 5.41) is 5.73. The number of nitrogens with zero attached hydrogens (tertiary/aromatic N) is 1. The van der Waals surface area contributed by atoms with Crippen LogP contribution < -0.4 is 10.6 Å². The molecule has 0 spiro atoms. The molecule has 0 aliphatic carbocycles. The average molecular weight is 229 g/mol. The SMILES string of the molecule is CCCN(CCC)CCCNC(=O)CNC. The van der Waals surface area contributed by atoms with Crippen LogP contribution in [0.1, 0.15) is 33.1 Å². The molecule has 0 rings (SSSR count). The van der Waals surface area contributed by atoms with E-state index in [1.807, 2.05) is 0 Å². The Bertz CT molecular complexity index is 168. The topological polar surface area (TPSA) is 44.4 Å². The Morgan fingerprint density at radius 1 is 1.12 bits per heavy atom. The molecule has 0 aromatic rings. The van der Waals surface area contributed by atoms with Gasteiger partial charge in [0.1, 0.15) is 0 Å². The third kappa shape index (κ3) is 8.68. The largest absolute Gasteiger partial charge is 0.355 e. The second-order valence-corrected chi connectivity index (χ2v) is 4.08. The van der Waals surface area contributed by atoms with Crippen molar-refractivity contribution in [1.82, 2.24) is 15.5 Å². The molecule has 0 saturated carbocycles. The number of nitrogens with one attached hydrogen (secondary N) is 2. The van der Waals surface area contributed by atoms with Crippen molar-refractivity contribution in [3.63, 3.8) is 0 Å². The van der Waals surface area contributed by atoms with Crippen LogP contribution in [-0.2, 0) is 4.79 Å². The minimum atomic E-state index is 0.0834. The van der Waals surface area contributed by atoms with Gasteiger partial charge in [-0.05, 0) is 45.9 Å². The second-order valence-electron chi connectivity index (χ2n) is 4.08. The molecule has 4 nitrogen and oxygen atoms in total. The summed E-state index contributed by atoms with van der Waals surface area (Å²) in [5.74, 6) is 0.0834. The highest BCUT2D eigenvalue weighted by Gasteiger charge is 2.02. The molecule has 0 aliphatic rings. The first kappa shape index (κ1) is 15.4. The molecule has 0 bridgehead atoms. The highest BCUT2D eigenvalue weighted by Crippen LogP contribution is 1.95. The molecule has 0 saturated heterocycles. The van der Waals surface area contributed by atoms with Crippen LogP contribution in [0.2, 0.25) is 0 Å². The Kier molecular flexibility index (Phi) is 10.5. The van der Waals surface area contributed by atoms with Crippen LogP contribution in [0.3, 0.4) is 0 Å². The summed E-state index contributed by atoms with van der Waals surface area (Å²) in [6.45, 7) is 9.02. The van der Waals surface area contributed by atoms with Crippen LogP contribution in [0, 0.1) is 0 Å². The number of amides is 1. The first-order valence-electron chi connectivity index (χ1n) is 6.38. The van der Waals surface area contributed by atoms with Gasteiger partial charge in [0.25, 0.3) is 0 Å². The molecule has 0 unspecified atom stereocenters. The number of hydrogen-bond donors (Lipinski definition) is 2. The van der Waals surface area contributed by atoms with Gasteiger partial charge in [-0.1, -0.05) is 13.8 Å². The summed E-state index contributed by atoms with van der Waals surface area (Å²) in [6.07, 6.45) is 3.44. The lowest BCUT2D eigenvalue weighted by Crippen LogP contribution is -2.35. The van der Waals surface area contributed by atoms with Crippen LogP contribution in [0.15, 0.2) is 0 Å². The molecule has 0 aromatic heterocycles. The minimum absolute atomic E-state index is 0.0834. The van der Waals surface area contributed by atoms with Crippen molar-refractivity contribution in [2.45, 2.75) is 33.1 Å². The molecule has 2 N–H and O–H groups in total. The highest BCUT2D eigenvalue weighted by molar-refractivity contribution is 5.77. The fraction of sp³-hybridized carbons (Fsp3) is 0.917. The Morgan fingerprint density at radius 2 is 1.75 bits per heavy atom. The lowest BCUT2D eigenvalue weighted by molar-refractivity contribution is -0.120. The molecule has 4 heteroatoms. The summed E-state index contributed by atoms with van der Waals surface area (Å²) in [5.41, 5.74) is 0. The van der Waals surface area contributed by atoms with Gasteiger partial charge in [-0.25, -0.2) is 0 Å². The van der Waals surface area contributed by atoms with Crippen LogP contribution in [0.5, 0.6) is 0 Å². The Hall–Kier alpha value is -0.610. The average Bonchev–Trinajstić information content (AvgIpc) is 2.25. The zero-order valence-corrected chi connectivity index (χ0v) is 11.0. The van der Waals surface area contributed by atoms with Gasteiger partial charge in [-0.15, -0.1) is 0 Å². The van der Waals surface area contributed by atoms with Crippen LogP contribution in [-0.4, -0.2) is 50.6 Å². The van der Waals surface area contributed by atoms with E-state index in [4.69, 9.17) is 0 Å². The van der Waals surface area contributed by atoms with Crippen molar-refractivity contribution in [2.75, 3.05) is 39.8 Å². The fourth-order valence-corrected chi connectivity index (χ4v) is 1.72. The van der Waals surface area contributed by atoms with Gasteiger partial charge >= 0.3 is 0 Å². The van der Waals surface area contributed by atoms with E-state index in [0.717, 1.165) is 32.6 Å². The van der Waals surface area contributed by atoms with Crippen LogP contribution in [0.4, 0.5) is 0 Å². The van der Waals surface area contributed by atoms with E-state index in [1.165, 1.54) is 12.8 Å². The first-order valence-corrected chi connectivity index (χ1v) is 6.38. The maximum Gasteiger partial charge on any atom is 0.233 e. The van der Waals surface area contributed by atoms with E-state index in [-0.39, 0.29) is 5.91 Å². The van der Waals surface area contributed by atoms with Crippen LogP contribution >= 0.6 is 0 Å². The second kappa shape index (κ2) is 10.9. The van der Waals surface area contributed by atoms with Gasteiger partial charge in [0.15, 0.2) is 0 Å². The molecule has 0 fully saturated rings. The van der Waals surface area contributed by atoms with Gasteiger partial charge in [0.05, 0.1) is 6.54 Å². The number of carbonyl (C=O) groups is 1. The van der Waals surface area contributed by atoms with E-state index in [9.17, 15) is 4.79 Å². The summed E-state index contributed by atoms with van der Waals surface area (Å²) in [6, 6.07) is 0. The molecule has 0 heterocycles. The molecule has 96 valence electrons. The van der Waals surface area contributed by atoms with E-state index in [1.54, 1.807) is 7.05 Å². The lowest BCUT2D eigenvalue weighted by atomic mass is 10.3. The Labute approximate surface area is 99.8 Å². The number of hydrogen-bond acceptors (Lipinski definition) is 3. The summed E-state index contributed by atoms with van der Waals surface area (Å²) < 4.78 is 0. The van der Waals surface area contributed by atoms with Crippen molar-refractivity contribution in [2.24, 2.45) is 0 Å². The van der Waals surface area contributed by atoms with Gasteiger partial charge in [0, 0.05) is 6.54 Å². The maximum atomic E-state index is 11.2. The standard InChI is InChI=1S/C12H27N3O/c1-4-8-15(9-5-2)10-6-7-14-12(16)11-13-3/h13H,4-11H2,1-3H3,(H,14,16). The zero-order valence-electron chi connectivity index (χ0n) is 11.0. The molecular weight excluding hydrogens is 202 g/mol. The molecule has 0 aromatic carbocycles. The molecule has 0 radical (unpaired) electrons. The third-order valence-electron chi connectivity index (χ3n) is 2.39. The first-order chi connectivity index (χ1) is 7.74. The number of rotatable bonds is 10. The molecule has 0 atom stereocenters. The molecular formula is C12H27N3O. The summed E-state index contributed by atoms with van der Waals surface area (Å²) >= 11 is 0. The van der Waals surface area contributed by atoms with E-state index < -0.39 is 0 Å². The fourth-order valence-electron chi connectivity index (χ4n) is 1.72. The summed E-state index contributed by atoms with van der Waals surface area (Å²) in [7, 11) is 1.78. The minimum Gasteiger partial charge on any atom is -0.355 e. The Balaban J connectivity index is 3.49. The lowest BCUT2D eigenvalue weighted by Gasteiger charge is -2.20. The van der Waals surface area contributed by atoms with Gasteiger partial charge < -0.3 is 15.5 Å². The van der Waals surface area contributed by atoms with Crippen LogP contribution in [0.25, 0.3) is 0 Å². The van der Waals surface area contributed by atoms with E-state index >= 15 is 0 Å². The molecule has 1 amide bonds. The number of carbonyl (C=O) groups excluding carboxylic acids is 1. The van der Waals surface area contributed by atoms with Crippen molar-refractivity contribution in [3.8, 4) is 0 Å². The molecule has 16 heavy (non-hydrogen) atoms. The van der Waals surface area contributed by atoms with Crippen molar-refractivity contribution in [3.05, 3.63) is 0 Å². The van der Waals surface area contributed by atoms with E-state index in [2.05, 4.69) is 29.4 Å². The van der Waals surface area contributed by atoms with Gasteiger partial charge in [-0.3, -0.25) is 4.79 Å². The Morgan fingerprint density at radius 3 is 2.25 bits per heavy atom.